The third-order valence-corrected chi connectivity index (χ3v) is 2.60. The first-order valence-electron chi connectivity index (χ1n) is 4.40. The van der Waals surface area contributed by atoms with Crippen LogP contribution < -0.4 is 0 Å². The summed E-state index contributed by atoms with van der Waals surface area (Å²) in [5.41, 5.74) is 0. The maximum absolute atomic E-state index is 11.1. The average Bonchev–Trinajstić information content (AvgIpc) is 2.37. The first kappa shape index (κ1) is 9.42. The highest BCUT2D eigenvalue weighted by atomic mass is 16.5. The van der Waals surface area contributed by atoms with Crippen LogP contribution in [0.1, 0.15) is 13.3 Å². The fourth-order valence-corrected chi connectivity index (χ4v) is 1.90. The van der Waals surface area contributed by atoms with Gasteiger partial charge in [0, 0.05) is 0 Å². The molecular formula is C8H11NO5. The number of rotatable bonds is 2. The molecule has 2 saturated heterocycles. The average molecular weight is 201 g/mol. The number of fused-ring (bicyclic) bond motifs is 1. The normalized spacial score (nSPS) is 37.7. The topological polar surface area (TPSA) is 87.1 Å². The van der Waals surface area contributed by atoms with E-state index in [0.29, 0.717) is 0 Å². The number of aliphatic carboxylic acids is 1. The molecular weight excluding hydrogens is 190 g/mol. The zero-order chi connectivity index (χ0) is 10.5. The van der Waals surface area contributed by atoms with Crippen LogP contribution in [0, 0.1) is 0 Å². The molecule has 6 heteroatoms. The molecule has 14 heavy (non-hydrogen) atoms. The minimum absolute atomic E-state index is 0.215. The van der Waals surface area contributed by atoms with Gasteiger partial charge in [-0.25, -0.2) is 4.79 Å². The Balaban J connectivity index is 2.22. The lowest BCUT2D eigenvalue weighted by molar-refractivity contribution is -0.163. The second-order valence-corrected chi connectivity index (χ2v) is 3.58. The van der Waals surface area contributed by atoms with Crippen LogP contribution in [-0.2, 0) is 14.3 Å². The number of carbonyl (C=O) groups excluding carboxylic acids is 1. The van der Waals surface area contributed by atoms with Gasteiger partial charge >= 0.3 is 5.97 Å². The Hall–Kier alpha value is -1.14. The lowest BCUT2D eigenvalue weighted by Crippen LogP contribution is -2.56. The molecule has 2 aliphatic heterocycles. The first-order chi connectivity index (χ1) is 6.52. The van der Waals surface area contributed by atoms with Gasteiger partial charge in [0.15, 0.2) is 6.04 Å². The number of hydrogen-bond donors (Lipinski definition) is 2. The van der Waals surface area contributed by atoms with Crippen molar-refractivity contribution < 1.29 is 24.5 Å². The van der Waals surface area contributed by atoms with Gasteiger partial charge in [0.05, 0.1) is 12.5 Å². The van der Waals surface area contributed by atoms with E-state index in [1.54, 1.807) is 0 Å². The van der Waals surface area contributed by atoms with Gasteiger partial charge in [-0.1, -0.05) is 0 Å². The summed E-state index contributed by atoms with van der Waals surface area (Å²) in [6, 6.07) is -1.04. The fraction of sp³-hybridized carbons (Fsp3) is 0.750. The van der Waals surface area contributed by atoms with Crippen molar-refractivity contribution in [3.63, 3.8) is 0 Å². The van der Waals surface area contributed by atoms with Crippen LogP contribution in [0.2, 0.25) is 0 Å². The number of aliphatic hydroxyl groups is 1. The number of carboxylic acid groups (broad SMARTS) is 1. The molecule has 2 heterocycles. The van der Waals surface area contributed by atoms with Crippen LogP contribution in [0.4, 0.5) is 0 Å². The third-order valence-electron chi connectivity index (χ3n) is 2.60. The van der Waals surface area contributed by atoms with Crippen molar-refractivity contribution in [1.29, 1.82) is 0 Å². The van der Waals surface area contributed by atoms with Crippen LogP contribution in [0.5, 0.6) is 0 Å². The molecule has 0 aromatic rings. The molecule has 0 aromatic carbocycles. The van der Waals surface area contributed by atoms with Gasteiger partial charge in [-0.2, -0.15) is 0 Å². The van der Waals surface area contributed by atoms with Crippen molar-refractivity contribution in [3.05, 3.63) is 0 Å². The van der Waals surface area contributed by atoms with E-state index in [4.69, 9.17) is 9.84 Å². The van der Waals surface area contributed by atoms with Crippen molar-refractivity contribution in [1.82, 2.24) is 4.90 Å². The molecule has 0 aliphatic carbocycles. The molecule has 0 saturated carbocycles. The van der Waals surface area contributed by atoms with E-state index in [9.17, 15) is 14.7 Å². The molecule has 2 fully saturated rings. The van der Waals surface area contributed by atoms with Crippen molar-refractivity contribution in [3.8, 4) is 0 Å². The van der Waals surface area contributed by atoms with Crippen molar-refractivity contribution in [2.24, 2.45) is 0 Å². The molecule has 2 aliphatic rings. The quantitative estimate of drug-likeness (QED) is 0.547. The van der Waals surface area contributed by atoms with Crippen LogP contribution in [0.25, 0.3) is 0 Å². The van der Waals surface area contributed by atoms with E-state index in [0.717, 1.165) is 0 Å². The van der Waals surface area contributed by atoms with Gasteiger partial charge in [-0.3, -0.25) is 9.69 Å². The lowest BCUT2D eigenvalue weighted by Gasteiger charge is -2.34. The van der Waals surface area contributed by atoms with Crippen LogP contribution in [-0.4, -0.2) is 51.5 Å². The monoisotopic (exact) mass is 201 g/mol. The van der Waals surface area contributed by atoms with Crippen molar-refractivity contribution in [2.75, 3.05) is 0 Å². The number of nitrogens with zero attached hydrogens (tertiary/aromatic N) is 1. The highest BCUT2D eigenvalue weighted by Crippen LogP contribution is 2.35. The highest BCUT2D eigenvalue weighted by molar-refractivity contribution is 5.89. The van der Waals surface area contributed by atoms with Gasteiger partial charge in [-0.05, 0) is 6.92 Å². The standard InChI is InChI=1S/C8H11NO5/c1-3(10)7-6(8(12)13)9-4(11)2-5(9)14-7/h3,5-7,10H,2H2,1H3,(H,12,13). The number of amides is 1. The predicted molar refractivity (Wildman–Crippen MR) is 43.2 cm³/mol. The molecule has 6 nitrogen and oxygen atoms in total. The van der Waals surface area contributed by atoms with E-state index in [1.165, 1.54) is 11.8 Å². The maximum Gasteiger partial charge on any atom is 0.329 e. The van der Waals surface area contributed by atoms with Crippen molar-refractivity contribution in [2.45, 2.75) is 37.8 Å². The maximum atomic E-state index is 11.1. The summed E-state index contributed by atoms with van der Waals surface area (Å²) in [5, 5.41) is 18.2. The fourth-order valence-electron chi connectivity index (χ4n) is 1.90. The summed E-state index contributed by atoms with van der Waals surface area (Å²) in [6.07, 6.45) is -1.95. The smallest absolute Gasteiger partial charge is 0.329 e. The summed E-state index contributed by atoms with van der Waals surface area (Å²) in [7, 11) is 0. The molecule has 4 unspecified atom stereocenters. The van der Waals surface area contributed by atoms with E-state index >= 15 is 0 Å². The number of β-lactam (4-membered cyclic amide) rings is 1. The molecule has 0 bridgehead atoms. The summed E-state index contributed by atoms with van der Waals surface area (Å²) >= 11 is 0. The molecule has 4 atom stereocenters. The number of aliphatic hydroxyl groups excluding tert-OH is 1. The Labute approximate surface area is 80.1 Å². The van der Waals surface area contributed by atoms with Gasteiger partial charge in [0.1, 0.15) is 12.3 Å². The molecule has 1 amide bonds. The second-order valence-electron chi connectivity index (χ2n) is 3.58. The zero-order valence-corrected chi connectivity index (χ0v) is 7.58. The van der Waals surface area contributed by atoms with E-state index < -0.39 is 30.4 Å². The minimum Gasteiger partial charge on any atom is -0.480 e. The van der Waals surface area contributed by atoms with Crippen LogP contribution in [0.3, 0.4) is 0 Å². The second kappa shape index (κ2) is 2.93. The number of ether oxygens (including phenoxy) is 1. The number of carboxylic acids is 1. The van der Waals surface area contributed by atoms with Crippen LogP contribution in [0.15, 0.2) is 0 Å². The minimum atomic E-state index is -1.13. The van der Waals surface area contributed by atoms with Crippen molar-refractivity contribution >= 4 is 11.9 Å². The predicted octanol–water partition coefficient (Wildman–Crippen LogP) is -1.22. The summed E-state index contributed by atoms with van der Waals surface area (Å²) in [4.78, 5) is 23.1. The van der Waals surface area contributed by atoms with E-state index in [1.807, 2.05) is 0 Å². The molecule has 0 spiro atoms. The number of carbonyl (C=O) groups is 2. The molecule has 0 aromatic heterocycles. The Morgan fingerprint density at radius 3 is 2.79 bits per heavy atom. The summed E-state index contributed by atoms with van der Waals surface area (Å²) < 4.78 is 5.24. The van der Waals surface area contributed by atoms with Gasteiger partial charge in [-0.15, -0.1) is 0 Å². The van der Waals surface area contributed by atoms with Gasteiger partial charge in [0.25, 0.3) is 0 Å². The molecule has 78 valence electrons. The Bertz CT molecular complexity index is 289. The van der Waals surface area contributed by atoms with E-state index in [-0.39, 0.29) is 12.3 Å². The van der Waals surface area contributed by atoms with Crippen LogP contribution >= 0.6 is 0 Å². The largest absolute Gasteiger partial charge is 0.480 e. The Morgan fingerprint density at radius 2 is 2.36 bits per heavy atom. The zero-order valence-electron chi connectivity index (χ0n) is 7.58. The molecule has 0 radical (unpaired) electrons. The highest BCUT2D eigenvalue weighted by Gasteiger charge is 2.56. The SMILES string of the molecule is CC(O)C1OC2CC(=O)N2C1C(=O)O. The molecule has 2 N–H and O–H groups in total. The molecule has 2 rings (SSSR count). The summed E-state index contributed by atoms with van der Waals surface area (Å²) in [5.74, 6) is -1.36. The first-order valence-corrected chi connectivity index (χ1v) is 4.40. The summed E-state index contributed by atoms with van der Waals surface area (Å²) in [6.45, 7) is 1.46. The Kier molecular flexibility index (Phi) is 1.97. The third kappa shape index (κ3) is 1.11. The Morgan fingerprint density at radius 1 is 1.71 bits per heavy atom. The number of hydrogen-bond acceptors (Lipinski definition) is 4. The van der Waals surface area contributed by atoms with Gasteiger partial charge in [0.2, 0.25) is 5.91 Å². The lowest BCUT2D eigenvalue weighted by atomic mass is 10.0. The van der Waals surface area contributed by atoms with Gasteiger partial charge < -0.3 is 14.9 Å². The van der Waals surface area contributed by atoms with E-state index in [2.05, 4.69) is 0 Å².